The van der Waals surface area contributed by atoms with Gasteiger partial charge in [0.05, 0.1) is 17.1 Å². The summed E-state index contributed by atoms with van der Waals surface area (Å²) in [4.78, 5) is 13.4. The van der Waals surface area contributed by atoms with Crippen molar-refractivity contribution >= 4 is 28.2 Å². The van der Waals surface area contributed by atoms with Gasteiger partial charge < -0.3 is 14.7 Å². The molecule has 0 heterocycles. The van der Waals surface area contributed by atoms with Gasteiger partial charge in [-0.3, -0.25) is 0 Å². The molecule has 2 aromatic rings. The lowest BCUT2D eigenvalue weighted by atomic mass is 10.2. The van der Waals surface area contributed by atoms with Crippen molar-refractivity contribution in [3.05, 3.63) is 54.1 Å². The summed E-state index contributed by atoms with van der Waals surface area (Å²) in [5.74, 6) is -1.01. The van der Waals surface area contributed by atoms with Crippen LogP contribution >= 0.6 is 12.4 Å². The maximum absolute atomic E-state index is 13.0. The summed E-state index contributed by atoms with van der Waals surface area (Å²) in [5.41, 5.74) is -0.0946. The number of benzene rings is 2. The van der Waals surface area contributed by atoms with E-state index in [1.165, 1.54) is 24.3 Å². The van der Waals surface area contributed by atoms with E-state index in [-0.39, 0.29) is 33.5 Å². The quantitative estimate of drug-likeness (QED) is 0.581. The standard InChI is InChI=1S/C20H25NO5S.ClH/c1-21(2)13-7-4-8-14-26-18-12-11-16(20(22)23)15-19(18)27(24,25)17-9-5-3-6-10-17;/h3,5-6,9-12,15H,4,7-8,13-14H2,1-2H3,(H,22,23);1H. The lowest BCUT2D eigenvalue weighted by Gasteiger charge is -2.13. The van der Waals surface area contributed by atoms with Crippen molar-refractivity contribution in [2.75, 3.05) is 27.2 Å². The monoisotopic (exact) mass is 427 g/mol. The van der Waals surface area contributed by atoms with Gasteiger partial charge in [-0.25, -0.2) is 13.2 Å². The smallest absolute Gasteiger partial charge is 0.335 e. The molecule has 154 valence electrons. The number of ether oxygens (including phenoxy) is 1. The molecule has 0 atom stereocenters. The van der Waals surface area contributed by atoms with Gasteiger partial charge >= 0.3 is 5.97 Å². The number of hydrogen-bond donors (Lipinski definition) is 1. The Labute approximate surface area is 172 Å². The predicted octanol–water partition coefficient (Wildman–Crippen LogP) is 3.75. The summed E-state index contributed by atoms with van der Waals surface area (Å²) in [7, 11) is 0.151. The minimum Gasteiger partial charge on any atom is -0.492 e. The molecule has 0 spiro atoms. The minimum atomic E-state index is -3.88. The second-order valence-corrected chi connectivity index (χ2v) is 8.41. The van der Waals surface area contributed by atoms with Crippen LogP contribution in [0, 0.1) is 0 Å². The second-order valence-electron chi connectivity index (χ2n) is 6.50. The van der Waals surface area contributed by atoms with E-state index >= 15 is 0 Å². The largest absolute Gasteiger partial charge is 0.492 e. The third-order valence-corrected chi connectivity index (χ3v) is 5.83. The molecule has 28 heavy (non-hydrogen) atoms. The first-order valence-electron chi connectivity index (χ1n) is 8.77. The van der Waals surface area contributed by atoms with Gasteiger partial charge in [0.15, 0.2) is 0 Å². The van der Waals surface area contributed by atoms with Crippen molar-refractivity contribution in [2.45, 2.75) is 29.1 Å². The number of sulfone groups is 1. The molecule has 0 aromatic heterocycles. The molecule has 0 radical (unpaired) electrons. The fourth-order valence-corrected chi connectivity index (χ4v) is 4.03. The van der Waals surface area contributed by atoms with Crippen LogP contribution in [0.2, 0.25) is 0 Å². The van der Waals surface area contributed by atoms with E-state index in [1.54, 1.807) is 18.2 Å². The van der Waals surface area contributed by atoms with Crippen LogP contribution < -0.4 is 4.74 Å². The number of unbranched alkanes of at least 4 members (excludes halogenated alkanes) is 2. The maximum Gasteiger partial charge on any atom is 0.335 e. The van der Waals surface area contributed by atoms with Crippen molar-refractivity contribution in [2.24, 2.45) is 0 Å². The fourth-order valence-electron chi connectivity index (χ4n) is 2.59. The highest BCUT2D eigenvalue weighted by Crippen LogP contribution is 2.30. The summed E-state index contributed by atoms with van der Waals surface area (Å²) in [6, 6.07) is 11.9. The molecule has 0 saturated carbocycles. The van der Waals surface area contributed by atoms with Crippen molar-refractivity contribution in [3.8, 4) is 5.75 Å². The third-order valence-electron chi connectivity index (χ3n) is 4.04. The summed E-state index contributed by atoms with van der Waals surface area (Å²) < 4.78 is 31.6. The Morgan fingerprint density at radius 1 is 1.04 bits per heavy atom. The van der Waals surface area contributed by atoms with E-state index in [1.807, 2.05) is 14.1 Å². The average molecular weight is 428 g/mol. The molecule has 8 heteroatoms. The number of carboxylic acids is 1. The molecule has 6 nitrogen and oxygen atoms in total. The lowest BCUT2D eigenvalue weighted by molar-refractivity contribution is 0.0696. The number of carbonyl (C=O) groups is 1. The van der Waals surface area contributed by atoms with Crippen molar-refractivity contribution in [1.82, 2.24) is 4.90 Å². The molecule has 0 amide bonds. The van der Waals surface area contributed by atoms with Crippen LogP contribution in [-0.4, -0.2) is 51.6 Å². The Morgan fingerprint density at radius 2 is 1.71 bits per heavy atom. The number of carboxylic acid groups (broad SMARTS) is 1. The van der Waals surface area contributed by atoms with Crippen LogP contribution in [0.1, 0.15) is 29.6 Å². The Morgan fingerprint density at radius 3 is 2.32 bits per heavy atom. The zero-order chi connectivity index (χ0) is 19.9. The van der Waals surface area contributed by atoms with Crippen LogP contribution in [0.4, 0.5) is 0 Å². The van der Waals surface area contributed by atoms with Crippen LogP contribution in [0.3, 0.4) is 0 Å². The van der Waals surface area contributed by atoms with Gasteiger partial charge in [-0.05, 0) is 70.2 Å². The zero-order valence-corrected chi connectivity index (χ0v) is 17.6. The van der Waals surface area contributed by atoms with Gasteiger partial charge in [0.2, 0.25) is 9.84 Å². The predicted molar refractivity (Wildman–Crippen MR) is 110 cm³/mol. The Balaban J connectivity index is 0.00000392. The average Bonchev–Trinajstić information content (AvgIpc) is 2.65. The molecule has 0 bridgehead atoms. The van der Waals surface area contributed by atoms with Crippen LogP contribution in [0.15, 0.2) is 58.3 Å². The van der Waals surface area contributed by atoms with E-state index in [4.69, 9.17) is 4.74 Å². The topological polar surface area (TPSA) is 83.9 Å². The normalized spacial score (nSPS) is 11.1. The Hall–Kier alpha value is -2.09. The highest BCUT2D eigenvalue weighted by Gasteiger charge is 2.24. The van der Waals surface area contributed by atoms with Crippen molar-refractivity contribution < 1.29 is 23.1 Å². The van der Waals surface area contributed by atoms with Crippen molar-refractivity contribution in [3.63, 3.8) is 0 Å². The van der Waals surface area contributed by atoms with Gasteiger partial charge in [-0.15, -0.1) is 12.4 Å². The molecular formula is C20H26ClNO5S. The summed E-state index contributed by atoms with van der Waals surface area (Å²) >= 11 is 0. The Bertz CT molecular complexity index is 869. The molecular weight excluding hydrogens is 402 g/mol. The first-order chi connectivity index (χ1) is 12.8. The highest BCUT2D eigenvalue weighted by atomic mass is 35.5. The van der Waals surface area contributed by atoms with Crippen LogP contribution in [0.5, 0.6) is 5.75 Å². The minimum absolute atomic E-state index is 0. The van der Waals surface area contributed by atoms with Crippen molar-refractivity contribution in [1.29, 1.82) is 0 Å². The summed E-state index contributed by atoms with van der Waals surface area (Å²) in [6.07, 6.45) is 2.79. The van der Waals surface area contributed by atoms with E-state index in [0.717, 1.165) is 31.9 Å². The van der Waals surface area contributed by atoms with Gasteiger partial charge in [-0.1, -0.05) is 18.2 Å². The molecule has 2 rings (SSSR count). The first-order valence-corrected chi connectivity index (χ1v) is 10.3. The van der Waals surface area contributed by atoms with E-state index in [2.05, 4.69) is 4.90 Å². The molecule has 1 N–H and O–H groups in total. The van der Waals surface area contributed by atoms with Gasteiger partial charge in [0.1, 0.15) is 10.6 Å². The molecule has 0 aliphatic carbocycles. The second kappa shape index (κ2) is 11.0. The molecule has 0 unspecified atom stereocenters. The number of rotatable bonds is 10. The highest BCUT2D eigenvalue weighted by molar-refractivity contribution is 7.91. The van der Waals surface area contributed by atoms with Gasteiger partial charge in [-0.2, -0.15) is 0 Å². The molecule has 0 fully saturated rings. The molecule has 0 aliphatic heterocycles. The van der Waals surface area contributed by atoms with E-state index in [9.17, 15) is 18.3 Å². The van der Waals surface area contributed by atoms with Gasteiger partial charge in [0.25, 0.3) is 0 Å². The number of aromatic carboxylic acids is 1. The Kier molecular flexibility index (Phi) is 9.45. The van der Waals surface area contributed by atoms with Gasteiger partial charge in [0, 0.05) is 0 Å². The number of halogens is 1. The lowest BCUT2D eigenvalue weighted by Crippen LogP contribution is -2.13. The van der Waals surface area contributed by atoms with Crippen LogP contribution in [0.25, 0.3) is 0 Å². The molecule has 2 aromatic carbocycles. The number of hydrogen-bond acceptors (Lipinski definition) is 5. The zero-order valence-electron chi connectivity index (χ0n) is 16.0. The first kappa shape index (κ1) is 23.9. The summed E-state index contributed by atoms with van der Waals surface area (Å²) in [5, 5.41) is 9.21. The SMILES string of the molecule is CN(C)CCCCCOc1ccc(C(=O)O)cc1S(=O)(=O)c1ccccc1.Cl. The molecule has 0 saturated heterocycles. The summed E-state index contributed by atoms with van der Waals surface area (Å²) in [6.45, 7) is 1.36. The molecule has 0 aliphatic rings. The third kappa shape index (κ3) is 6.51. The van der Waals surface area contributed by atoms with E-state index in [0.29, 0.717) is 6.61 Å². The maximum atomic E-state index is 13.0. The fraction of sp³-hybridized carbons (Fsp3) is 0.350. The van der Waals surface area contributed by atoms with E-state index < -0.39 is 15.8 Å². The van der Waals surface area contributed by atoms with Crippen LogP contribution in [-0.2, 0) is 9.84 Å². The number of nitrogens with zero attached hydrogens (tertiary/aromatic N) is 1.